The summed E-state index contributed by atoms with van der Waals surface area (Å²) in [5.41, 5.74) is 4.96. The Hall–Kier alpha value is -4.85. The minimum atomic E-state index is -0.940. The molecule has 8 nitrogen and oxygen atoms in total. The maximum Gasteiger partial charge on any atom is 0.307 e. The number of hydrogen-bond acceptors (Lipinski definition) is 5. The predicted molar refractivity (Wildman–Crippen MR) is 153 cm³/mol. The molecule has 0 saturated heterocycles. The second-order valence-electron chi connectivity index (χ2n) is 9.89. The molecule has 0 fully saturated rings. The quantitative estimate of drug-likeness (QED) is 0.238. The Kier molecular flexibility index (Phi) is 8.25. The van der Waals surface area contributed by atoms with Crippen LogP contribution in [0.5, 0.6) is 0 Å². The van der Waals surface area contributed by atoms with Crippen molar-refractivity contribution < 1.29 is 14.7 Å². The van der Waals surface area contributed by atoms with E-state index in [2.05, 4.69) is 27.1 Å². The van der Waals surface area contributed by atoms with Crippen LogP contribution in [0.1, 0.15) is 35.4 Å². The van der Waals surface area contributed by atoms with Gasteiger partial charge in [-0.2, -0.15) is 0 Å². The molecule has 0 aliphatic carbocycles. The number of carbonyl (C=O) groups is 2. The number of H-pyrrole nitrogens is 1. The van der Waals surface area contributed by atoms with Gasteiger partial charge in [0, 0.05) is 41.0 Å². The molecule has 3 heterocycles. The first-order chi connectivity index (χ1) is 19.5. The lowest BCUT2D eigenvalue weighted by molar-refractivity contribution is -0.136. The molecule has 0 saturated carbocycles. The fourth-order valence-corrected chi connectivity index (χ4v) is 4.90. The summed E-state index contributed by atoms with van der Waals surface area (Å²) >= 11 is 0. The molecule has 0 bridgehead atoms. The number of aryl methyl sites for hydroxylation is 3. The third kappa shape index (κ3) is 6.58. The van der Waals surface area contributed by atoms with Gasteiger partial charge in [-0.15, -0.1) is 0 Å². The van der Waals surface area contributed by atoms with Crippen molar-refractivity contribution in [2.24, 2.45) is 0 Å². The number of nitrogens with zero attached hydrogens (tertiary/aromatic N) is 3. The van der Waals surface area contributed by atoms with E-state index >= 15 is 0 Å². The molecule has 8 heteroatoms. The zero-order chi connectivity index (χ0) is 27.9. The summed E-state index contributed by atoms with van der Waals surface area (Å²) in [5.74, 6) is -1.02. The molecule has 3 aromatic heterocycles. The van der Waals surface area contributed by atoms with Crippen molar-refractivity contribution in [3.8, 4) is 11.3 Å². The first-order valence-electron chi connectivity index (χ1n) is 13.3. The van der Waals surface area contributed by atoms with E-state index in [0.717, 1.165) is 29.4 Å². The summed E-state index contributed by atoms with van der Waals surface area (Å²) in [6, 6.07) is 21.0. The van der Waals surface area contributed by atoms with Crippen molar-refractivity contribution >= 4 is 22.7 Å². The first kappa shape index (κ1) is 26.7. The topological polar surface area (TPSA) is 118 Å². The van der Waals surface area contributed by atoms with Crippen molar-refractivity contribution in [2.75, 3.05) is 0 Å². The summed E-state index contributed by atoms with van der Waals surface area (Å²) in [6.45, 7) is -0.0900. The first-order valence-corrected chi connectivity index (χ1v) is 13.3. The molecule has 0 radical (unpaired) electrons. The molecule has 2 N–H and O–H groups in total. The van der Waals surface area contributed by atoms with Crippen LogP contribution in [-0.4, -0.2) is 36.4 Å². The van der Waals surface area contributed by atoms with E-state index in [-0.39, 0.29) is 30.7 Å². The van der Waals surface area contributed by atoms with Gasteiger partial charge in [0.1, 0.15) is 5.69 Å². The maximum atomic E-state index is 13.6. The SMILES string of the molecule is O=C(O)Cc1cccc(-c2cnc(CCCc3ccccc3)c(=O)n2CC(=O)CCc2cc3cnccc3[nH]2)c1. The van der Waals surface area contributed by atoms with Crippen molar-refractivity contribution in [1.82, 2.24) is 19.5 Å². The smallest absolute Gasteiger partial charge is 0.307 e. The van der Waals surface area contributed by atoms with Gasteiger partial charge in [-0.1, -0.05) is 48.5 Å². The lowest BCUT2D eigenvalue weighted by Crippen LogP contribution is -2.30. The zero-order valence-corrected chi connectivity index (χ0v) is 22.0. The Bertz CT molecular complexity index is 1670. The number of aromatic nitrogens is 4. The Labute approximate surface area is 231 Å². The largest absolute Gasteiger partial charge is 0.481 e. The van der Waals surface area contributed by atoms with Gasteiger partial charge >= 0.3 is 5.97 Å². The molecular formula is C32H30N4O4. The lowest BCUT2D eigenvalue weighted by atomic mass is 10.0. The van der Waals surface area contributed by atoms with E-state index in [9.17, 15) is 19.5 Å². The summed E-state index contributed by atoms with van der Waals surface area (Å²) in [7, 11) is 0. The van der Waals surface area contributed by atoms with Gasteiger partial charge in [-0.3, -0.25) is 28.9 Å². The van der Waals surface area contributed by atoms with Gasteiger partial charge in [0.2, 0.25) is 0 Å². The van der Waals surface area contributed by atoms with Crippen LogP contribution >= 0.6 is 0 Å². The number of rotatable bonds is 12. The highest BCUT2D eigenvalue weighted by Crippen LogP contribution is 2.21. The molecule has 2 aromatic carbocycles. The van der Waals surface area contributed by atoms with Crippen LogP contribution in [0.25, 0.3) is 22.2 Å². The van der Waals surface area contributed by atoms with E-state index in [1.54, 1.807) is 42.9 Å². The summed E-state index contributed by atoms with van der Waals surface area (Å²) in [5, 5.41) is 10.2. The van der Waals surface area contributed by atoms with Gasteiger partial charge < -0.3 is 10.1 Å². The van der Waals surface area contributed by atoms with Crippen molar-refractivity contribution in [1.29, 1.82) is 0 Å². The molecule has 0 aliphatic rings. The van der Waals surface area contributed by atoms with Crippen molar-refractivity contribution in [2.45, 2.75) is 45.1 Å². The van der Waals surface area contributed by atoms with Gasteiger partial charge in [0.25, 0.3) is 5.56 Å². The number of fused-ring (bicyclic) bond motifs is 1. The number of carbonyl (C=O) groups excluding carboxylic acids is 1. The molecular weight excluding hydrogens is 504 g/mol. The number of Topliss-reactive ketones (excluding diaryl/α,β-unsaturated/α-hetero) is 1. The van der Waals surface area contributed by atoms with Crippen molar-refractivity contribution in [3.63, 3.8) is 0 Å². The highest BCUT2D eigenvalue weighted by atomic mass is 16.4. The Morgan fingerprint density at radius 3 is 2.52 bits per heavy atom. The fourth-order valence-electron chi connectivity index (χ4n) is 4.90. The van der Waals surface area contributed by atoms with Crippen LogP contribution in [0, 0.1) is 0 Å². The average molecular weight is 535 g/mol. The van der Waals surface area contributed by atoms with Crippen LogP contribution in [-0.2, 0) is 41.8 Å². The molecule has 5 rings (SSSR count). The predicted octanol–water partition coefficient (Wildman–Crippen LogP) is 4.79. The molecule has 0 unspecified atom stereocenters. The summed E-state index contributed by atoms with van der Waals surface area (Å²) in [4.78, 5) is 50.0. The van der Waals surface area contributed by atoms with Gasteiger partial charge in [-0.25, -0.2) is 0 Å². The summed E-state index contributed by atoms with van der Waals surface area (Å²) in [6.07, 6.45) is 7.82. The minimum absolute atomic E-state index is 0.0803. The van der Waals surface area contributed by atoms with E-state index in [1.165, 1.54) is 10.1 Å². The van der Waals surface area contributed by atoms with Crippen LogP contribution in [0.3, 0.4) is 0 Å². The van der Waals surface area contributed by atoms with E-state index in [0.29, 0.717) is 35.4 Å². The lowest BCUT2D eigenvalue weighted by Gasteiger charge is -2.15. The highest BCUT2D eigenvalue weighted by molar-refractivity contribution is 5.81. The number of ketones is 1. The Morgan fingerprint density at radius 1 is 0.900 bits per heavy atom. The molecule has 5 aromatic rings. The van der Waals surface area contributed by atoms with Crippen LogP contribution in [0.15, 0.2) is 90.1 Å². The van der Waals surface area contributed by atoms with E-state index < -0.39 is 5.97 Å². The number of nitrogens with one attached hydrogen (secondary N) is 1. The van der Waals surface area contributed by atoms with Gasteiger partial charge in [-0.05, 0) is 55.0 Å². The standard InChI is InChI=1S/C32H30N4O4/c37-27(13-12-26-18-25-19-33-15-14-28(25)35-26)21-36-30(24-10-4-9-23(16-24)17-31(38)39)20-34-29(32(36)40)11-5-8-22-6-2-1-3-7-22/h1-4,6-7,9-10,14-16,18-20,35H,5,8,11-13,17,21H2,(H,38,39). The van der Waals surface area contributed by atoms with Crippen LogP contribution in [0.4, 0.5) is 0 Å². The number of pyridine rings is 1. The van der Waals surface area contributed by atoms with Crippen LogP contribution < -0.4 is 5.56 Å². The van der Waals surface area contributed by atoms with E-state index in [4.69, 9.17) is 0 Å². The highest BCUT2D eigenvalue weighted by Gasteiger charge is 2.16. The van der Waals surface area contributed by atoms with Gasteiger partial charge in [0.05, 0.1) is 24.9 Å². The molecule has 0 amide bonds. The fraction of sp³-hybridized carbons (Fsp3) is 0.219. The normalized spacial score (nSPS) is 11.1. The number of carboxylic acids is 1. The Morgan fingerprint density at radius 2 is 1.73 bits per heavy atom. The van der Waals surface area contributed by atoms with Gasteiger partial charge in [0.15, 0.2) is 5.78 Å². The molecule has 40 heavy (non-hydrogen) atoms. The second-order valence-corrected chi connectivity index (χ2v) is 9.89. The Balaban J connectivity index is 1.38. The molecule has 202 valence electrons. The van der Waals surface area contributed by atoms with Crippen molar-refractivity contribution in [3.05, 3.63) is 118 Å². The zero-order valence-electron chi connectivity index (χ0n) is 22.0. The third-order valence-electron chi connectivity index (χ3n) is 6.91. The number of benzene rings is 2. The maximum absolute atomic E-state index is 13.6. The van der Waals surface area contributed by atoms with E-state index in [1.807, 2.05) is 30.3 Å². The number of carboxylic acid groups (broad SMARTS) is 1. The number of aliphatic carboxylic acids is 1. The second kappa shape index (κ2) is 12.3. The third-order valence-corrected chi connectivity index (χ3v) is 6.91. The number of aromatic amines is 1. The number of hydrogen-bond donors (Lipinski definition) is 2. The summed E-state index contributed by atoms with van der Waals surface area (Å²) < 4.78 is 1.49. The average Bonchev–Trinajstić information content (AvgIpc) is 3.37. The molecule has 0 atom stereocenters. The molecule has 0 spiro atoms. The monoisotopic (exact) mass is 534 g/mol. The molecule has 0 aliphatic heterocycles. The van der Waals surface area contributed by atoms with Crippen LogP contribution in [0.2, 0.25) is 0 Å². The minimum Gasteiger partial charge on any atom is -0.481 e.